The summed E-state index contributed by atoms with van der Waals surface area (Å²) in [7, 11) is 0. The van der Waals surface area contributed by atoms with Crippen LogP contribution in [0.3, 0.4) is 0 Å². The summed E-state index contributed by atoms with van der Waals surface area (Å²) in [5.74, 6) is -1.79. The maximum Gasteiger partial charge on any atom is 0.342 e. The van der Waals surface area contributed by atoms with E-state index in [0.29, 0.717) is 10.6 Å². The predicted molar refractivity (Wildman–Crippen MR) is 99.1 cm³/mol. The molecule has 0 spiro atoms. The molecular weight excluding hydrogens is 370 g/mol. The van der Waals surface area contributed by atoms with Crippen LogP contribution in [0.15, 0.2) is 35.7 Å². The number of primary amides is 1. The van der Waals surface area contributed by atoms with Gasteiger partial charge in [0.15, 0.2) is 6.61 Å². The van der Waals surface area contributed by atoms with Crippen LogP contribution >= 0.6 is 11.3 Å². The summed E-state index contributed by atoms with van der Waals surface area (Å²) in [4.78, 5) is 46.9. The Bertz CT molecular complexity index is 890. The molecule has 1 aliphatic carbocycles. The van der Waals surface area contributed by atoms with Crippen molar-refractivity contribution in [2.75, 3.05) is 11.9 Å². The van der Waals surface area contributed by atoms with Gasteiger partial charge in [0.05, 0.1) is 0 Å². The SMILES string of the molecule is NC(=O)NC(=O)COC(=O)c1c(-c2ccccc2)csc1NC(=O)C1CC1. The second-order valence-electron chi connectivity index (χ2n) is 5.97. The van der Waals surface area contributed by atoms with Crippen LogP contribution in [-0.2, 0) is 14.3 Å². The Labute approximate surface area is 158 Å². The van der Waals surface area contributed by atoms with E-state index >= 15 is 0 Å². The Morgan fingerprint density at radius 3 is 2.48 bits per heavy atom. The first kappa shape index (κ1) is 18.6. The maximum atomic E-state index is 12.6. The van der Waals surface area contributed by atoms with Crippen LogP contribution in [-0.4, -0.2) is 30.4 Å². The third kappa shape index (κ3) is 4.70. The smallest absolute Gasteiger partial charge is 0.342 e. The number of carbonyl (C=O) groups is 4. The first-order valence-corrected chi connectivity index (χ1v) is 9.08. The monoisotopic (exact) mass is 387 g/mol. The second-order valence-corrected chi connectivity index (χ2v) is 6.85. The largest absolute Gasteiger partial charge is 0.452 e. The molecule has 0 atom stereocenters. The lowest BCUT2D eigenvalue weighted by molar-refractivity contribution is -0.123. The minimum absolute atomic E-state index is 0.0301. The Morgan fingerprint density at radius 1 is 1.15 bits per heavy atom. The number of anilines is 1. The van der Waals surface area contributed by atoms with Crippen molar-refractivity contribution in [2.45, 2.75) is 12.8 Å². The second kappa shape index (κ2) is 8.00. The molecule has 1 saturated carbocycles. The van der Waals surface area contributed by atoms with E-state index in [-0.39, 0.29) is 17.4 Å². The molecular formula is C18H17N3O5S. The molecule has 140 valence electrons. The summed E-state index contributed by atoms with van der Waals surface area (Å²) in [5, 5.41) is 6.70. The first-order chi connectivity index (χ1) is 13.0. The van der Waals surface area contributed by atoms with Crippen LogP contribution < -0.4 is 16.4 Å². The average molecular weight is 387 g/mol. The van der Waals surface area contributed by atoms with Crippen molar-refractivity contribution in [3.05, 3.63) is 41.3 Å². The van der Waals surface area contributed by atoms with Crippen LogP contribution in [0.5, 0.6) is 0 Å². The number of amides is 4. The Kier molecular flexibility index (Phi) is 5.51. The van der Waals surface area contributed by atoms with Crippen molar-refractivity contribution in [3.8, 4) is 11.1 Å². The van der Waals surface area contributed by atoms with Crippen LogP contribution in [0, 0.1) is 5.92 Å². The topological polar surface area (TPSA) is 128 Å². The van der Waals surface area contributed by atoms with E-state index in [0.717, 1.165) is 18.4 Å². The molecule has 0 radical (unpaired) electrons. The predicted octanol–water partition coefficient (Wildman–Crippen LogP) is 2.12. The number of nitrogens with two attached hydrogens (primary N) is 1. The van der Waals surface area contributed by atoms with Crippen LogP contribution in [0.25, 0.3) is 11.1 Å². The lowest BCUT2D eigenvalue weighted by atomic mass is 10.0. The zero-order chi connectivity index (χ0) is 19.4. The van der Waals surface area contributed by atoms with Crippen molar-refractivity contribution >= 4 is 40.2 Å². The standard InChI is InChI=1S/C18H17N3O5S/c19-18(25)20-13(22)8-26-17(24)14-12(10-4-2-1-3-5-10)9-27-16(14)21-15(23)11-6-7-11/h1-5,9,11H,6-8H2,(H,21,23)(H3,19,20,22,25). The third-order valence-corrected chi connectivity index (χ3v) is 4.76. The van der Waals surface area contributed by atoms with Gasteiger partial charge in [-0.25, -0.2) is 9.59 Å². The molecule has 8 nitrogen and oxygen atoms in total. The van der Waals surface area contributed by atoms with Gasteiger partial charge in [-0.15, -0.1) is 11.3 Å². The molecule has 1 heterocycles. The number of ether oxygens (including phenoxy) is 1. The normalized spacial score (nSPS) is 12.9. The van der Waals surface area contributed by atoms with E-state index in [1.807, 2.05) is 35.6 Å². The number of imide groups is 1. The fourth-order valence-corrected chi connectivity index (χ4v) is 3.38. The van der Waals surface area contributed by atoms with Crippen LogP contribution in [0.2, 0.25) is 0 Å². The zero-order valence-electron chi connectivity index (χ0n) is 14.2. The quantitative estimate of drug-likeness (QED) is 0.654. The number of carbonyl (C=O) groups excluding carboxylic acids is 4. The van der Waals surface area contributed by atoms with E-state index < -0.39 is 24.5 Å². The van der Waals surface area contributed by atoms with Gasteiger partial charge in [-0.3, -0.25) is 14.9 Å². The van der Waals surface area contributed by atoms with Gasteiger partial charge >= 0.3 is 12.0 Å². The summed E-state index contributed by atoms with van der Waals surface area (Å²) in [5.41, 5.74) is 6.39. The van der Waals surface area contributed by atoms with E-state index in [1.54, 1.807) is 5.38 Å². The Morgan fingerprint density at radius 2 is 1.85 bits per heavy atom. The number of benzene rings is 1. The minimum atomic E-state index is -1.03. The molecule has 9 heteroatoms. The fourth-order valence-electron chi connectivity index (χ4n) is 2.42. The highest BCUT2D eigenvalue weighted by Crippen LogP contribution is 2.38. The van der Waals surface area contributed by atoms with Crippen molar-refractivity contribution in [2.24, 2.45) is 11.7 Å². The molecule has 4 amide bonds. The van der Waals surface area contributed by atoms with Crippen molar-refractivity contribution in [1.29, 1.82) is 0 Å². The van der Waals surface area contributed by atoms with Crippen molar-refractivity contribution in [1.82, 2.24) is 5.32 Å². The maximum absolute atomic E-state index is 12.6. The van der Waals surface area contributed by atoms with Gasteiger partial charge in [-0.1, -0.05) is 30.3 Å². The van der Waals surface area contributed by atoms with E-state index in [9.17, 15) is 19.2 Å². The summed E-state index contributed by atoms with van der Waals surface area (Å²) >= 11 is 1.21. The number of nitrogens with one attached hydrogen (secondary N) is 2. The van der Waals surface area contributed by atoms with Gasteiger partial charge in [0.25, 0.3) is 5.91 Å². The van der Waals surface area contributed by atoms with Crippen molar-refractivity contribution in [3.63, 3.8) is 0 Å². The van der Waals surface area contributed by atoms with Crippen LogP contribution in [0.4, 0.5) is 9.80 Å². The van der Waals surface area contributed by atoms with Gasteiger partial charge in [0, 0.05) is 16.9 Å². The highest BCUT2D eigenvalue weighted by atomic mass is 32.1. The molecule has 0 saturated heterocycles. The van der Waals surface area contributed by atoms with Gasteiger partial charge in [0.2, 0.25) is 5.91 Å². The minimum Gasteiger partial charge on any atom is -0.452 e. The van der Waals surface area contributed by atoms with Gasteiger partial charge < -0.3 is 15.8 Å². The molecule has 1 fully saturated rings. The number of rotatable bonds is 6. The van der Waals surface area contributed by atoms with E-state index in [4.69, 9.17) is 10.5 Å². The summed E-state index contributed by atoms with van der Waals surface area (Å²) in [6.07, 6.45) is 1.66. The molecule has 4 N–H and O–H groups in total. The molecule has 27 heavy (non-hydrogen) atoms. The molecule has 1 aromatic heterocycles. The van der Waals surface area contributed by atoms with Gasteiger partial charge in [-0.05, 0) is 18.4 Å². The number of urea groups is 1. The summed E-state index contributed by atoms with van der Waals surface area (Å²) < 4.78 is 5.01. The Balaban J connectivity index is 1.84. The number of hydrogen-bond acceptors (Lipinski definition) is 6. The molecule has 1 aromatic carbocycles. The molecule has 2 aromatic rings. The van der Waals surface area contributed by atoms with Crippen molar-refractivity contribution < 1.29 is 23.9 Å². The highest BCUT2D eigenvalue weighted by molar-refractivity contribution is 7.15. The van der Waals surface area contributed by atoms with E-state index in [1.165, 1.54) is 11.3 Å². The number of hydrogen-bond donors (Lipinski definition) is 3. The summed E-state index contributed by atoms with van der Waals surface area (Å²) in [6, 6.07) is 8.11. The Hall–Kier alpha value is -3.20. The van der Waals surface area contributed by atoms with Gasteiger partial charge in [-0.2, -0.15) is 0 Å². The fraction of sp³-hybridized carbons (Fsp3) is 0.222. The third-order valence-electron chi connectivity index (χ3n) is 3.86. The van der Waals surface area contributed by atoms with Crippen LogP contribution in [0.1, 0.15) is 23.2 Å². The molecule has 0 bridgehead atoms. The average Bonchev–Trinajstić information content (AvgIpc) is 3.41. The molecule has 0 unspecified atom stereocenters. The first-order valence-electron chi connectivity index (χ1n) is 8.20. The number of esters is 1. The number of thiophene rings is 1. The molecule has 0 aliphatic heterocycles. The van der Waals surface area contributed by atoms with Gasteiger partial charge in [0.1, 0.15) is 10.6 Å². The zero-order valence-corrected chi connectivity index (χ0v) is 15.0. The summed E-state index contributed by atoms with van der Waals surface area (Å²) in [6.45, 7) is -0.665. The molecule has 1 aliphatic rings. The highest BCUT2D eigenvalue weighted by Gasteiger charge is 2.32. The van der Waals surface area contributed by atoms with E-state index in [2.05, 4.69) is 5.32 Å². The lowest BCUT2D eigenvalue weighted by Gasteiger charge is -2.09. The lowest BCUT2D eigenvalue weighted by Crippen LogP contribution is -2.37. The molecule has 3 rings (SSSR count).